The van der Waals surface area contributed by atoms with Crippen LogP contribution in [0, 0.1) is 0 Å². The predicted octanol–water partition coefficient (Wildman–Crippen LogP) is 4.04. The van der Waals surface area contributed by atoms with Crippen molar-refractivity contribution >= 4 is 34.9 Å². The van der Waals surface area contributed by atoms with Crippen LogP contribution in [0.5, 0.6) is 0 Å². The normalized spacial score (nSPS) is 11.4. The molecule has 2 aromatic heterocycles. The summed E-state index contributed by atoms with van der Waals surface area (Å²) in [6.45, 7) is 6.47. The highest BCUT2D eigenvalue weighted by molar-refractivity contribution is 6.30. The molecular formula is C21H23ClN4O2. The molecule has 0 unspecified atom stereocenters. The van der Waals surface area contributed by atoms with Gasteiger partial charge in [0.1, 0.15) is 5.65 Å². The summed E-state index contributed by atoms with van der Waals surface area (Å²) in [6, 6.07) is 10.9. The van der Waals surface area contributed by atoms with Gasteiger partial charge in [0.2, 0.25) is 5.91 Å². The topological polar surface area (TPSA) is 75.5 Å². The second-order valence-electron chi connectivity index (χ2n) is 7.28. The lowest BCUT2D eigenvalue weighted by molar-refractivity contribution is -0.121. The van der Waals surface area contributed by atoms with E-state index in [2.05, 4.69) is 29.5 Å². The van der Waals surface area contributed by atoms with E-state index in [1.807, 2.05) is 19.1 Å². The average Bonchev–Trinajstić information content (AvgIpc) is 3.07. The lowest BCUT2D eigenvalue weighted by Crippen LogP contribution is -2.36. The minimum Gasteiger partial charge on any atom is -0.355 e. The van der Waals surface area contributed by atoms with Gasteiger partial charge in [-0.05, 0) is 29.8 Å². The van der Waals surface area contributed by atoms with Gasteiger partial charge < -0.3 is 15.0 Å². The predicted molar refractivity (Wildman–Crippen MR) is 111 cm³/mol. The zero-order valence-corrected chi connectivity index (χ0v) is 16.9. The van der Waals surface area contributed by atoms with Gasteiger partial charge in [0.25, 0.3) is 5.91 Å². The van der Waals surface area contributed by atoms with Gasteiger partial charge in [-0.15, -0.1) is 0 Å². The Labute approximate surface area is 168 Å². The maximum Gasteiger partial charge on any atom is 0.256 e. The number of carbonyl (C=O) groups is 2. The molecule has 0 aliphatic carbocycles. The summed E-state index contributed by atoms with van der Waals surface area (Å²) < 4.78 is 1.76. The number of hydrogen-bond acceptors (Lipinski definition) is 3. The van der Waals surface area contributed by atoms with Crippen LogP contribution in [0.15, 0.2) is 48.8 Å². The van der Waals surface area contributed by atoms with Gasteiger partial charge >= 0.3 is 0 Å². The summed E-state index contributed by atoms with van der Waals surface area (Å²) in [6.07, 6.45) is 3.91. The number of pyridine rings is 1. The van der Waals surface area contributed by atoms with Gasteiger partial charge in [-0.3, -0.25) is 9.59 Å². The number of rotatable bonds is 6. The van der Waals surface area contributed by atoms with Crippen molar-refractivity contribution in [2.75, 3.05) is 11.9 Å². The molecule has 6 nitrogen and oxygen atoms in total. The Morgan fingerprint density at radius 3 is 2.50 bits per heavy atom. The zero-order chi connectivity index (χ0) is 20.3. The molecule has 2 heterocycles. The fourth-order valence-electron chi connectivity index (χ4n) is 2.83. The highest BCUT2D eigenvalue weighted by Crippen LogP contribution is 2.23. The van der Waals surface area contributed by atoms with Crippen molar-refractivity contribution in [2.45, 2.75) is 32.6 Å². The number of halogens is 1. The van der Waals surface area contributed by atoms with Crippen LogP contribution in [0.3, 0.4) is 0 Å². The summed E-state index contributed by atoms with van der Waals surface area (Å²) in [5, 5.41) is 6.32. The van der Waals surface area contributed by atoms with E-state index < -0.39 is 0 Å². The minimum absolute atomic E-state index is 0.0258. The van der Waals surface area contributed by atoms with Crippen LogP contribution in [0.25, 0.3) is 5.65 Å². The molecule has 7 heteroatoms. The minimum atomic E-state index is -0.238. The molecule has 2 amide bonds. The number of imidazole rings is 1. The number of aromatic nitrogens is 2. The molecule has 0 fully saturated rings. The molecule has 0 aliphatic heterocycles. The van der Waals surface area contributed by atoms with Gasteiger partial charge in [0.15, 0.2) is 5.82 Å². The van der Waals surface area contributed by atoms with Crippen LogP contribution in [0.2, 0.25) is 5.02 Å². The Balaban J connectivity index is 1.69. The van der Waals surface area contributed by atoms with Crippen LogP contribution in [-0.2, 0) is 10.2 Å². The molecule has 0 bridgehead atoms. The molecule has 2 N–H and O–H groups in total. The number of nitrogens with zero attached hydrogens (tertiary/aromatic N) is 2. The second kappa shape index (κ2) is 8.02. The van der Waals surface area contributed by atoms with E-state index in [0.29, 0.717) is 35.0 Å². The maximum atomic E-state index is 12.5. The molecule has 0 aliphatic rings. The number of hydrogen-bond donors (Lipinski definition) is 2. The fourth-order valence-corrected chi connectivity index (χ4v) is 3.00. The van der Waals surface area contributed by atoms with Crippen LogP contribution < -0.4 is 10.6 Å². The molecule has 0 saturated heterocycles. The Morgan fingerprint density at radius 1 is 1.11 bits per heavy atom. The third-order valence-electron chi connectivity index (χ3n) is 4.63. The second-order valence-corrected chi connectivity index (χ2v) is 7.72. The van der Waals surface area contributed by atoms with Crippen molar-refractivity contribution < 1.29 is 9.59 Å². The van der Waals surface area contributed by atoms with Crippen molar-refractivity contribution in [3.63, 3.8) is 0 Å². The van der Waals surface area contributed by atoms with Crippen LogP contribution in [0.4, 0.5) is 5.82 Å². The van der Waals surface area contributed by atoms with E-state index in [-0.39, 0.29) is 17.2 Å². The standard InChI is InChI=1S/C21H23ClN4O2/c1-4-19(27)23-13-21(2,3)15-7-5-14(6-8-15)20(28)25-17-12-26-11-16(22)9-10-18(26)24-17/h5-12H,4,13H2,1-3H3,(H,23,27)(H,25,28). The van der Waals surface area contributed by atoms with Crippen molar-refractivity contribution in [1.29, 1.82) is 0 Å². The van der Waals surface area contributed by atoms with Gasteiger partial charge in [-0.1, -0.05) is 44.5 Å². The molecule has 28 heavy (non-hydrogen) atoms. The molecule has 3 rings (SSSR count). The number of amides is 2. The molecule has 1 aromatic carbocycles. The fraction of sp³-hybridized carbons (Fsp3) is 0.286. The first kappa shape index (κ1) is 19.9. The third kappa shape index (κ3) is 4.51. The largest absolute Gasteiger partial charge is 0.355 e. The number of carbonyl (C=O) groups excluding carboxylic acids is 2. The number of nitrogens with one attached hydrogen (secondary N) is 2. The molecule has 146 valence electrons. The van der Waals surface area contributed by atoms with E-state index in [1.165, 1.54) is 0 Å². The molecule has 0 spiro atoms. The Hall–Kier alpha value is -2.86. The van der Waals surface area contributed by atoms with Gasteiger partial charge in [0, 0.05) is 30.1 Å². The molecule has 0 radical (unpaired) electrons. The number of benzene rings is 1. The Morgan fingerprint density at radius 2 is 1.82 bits per heavy atom. The SMILES string of the molecule is CCC(=O)NCC(C)(C)c1ccc(C(=O)Nc2cn3cc(Cl)ccc3n2)cc1. The zero-order valence-electron chi connectivity index (χ0n) is 16.1. The first-order valence-electron chi connectivity index (χ1n) is 9.11. The van der Waals surface area contributed by atoms with E-state index >= 15 is 0 Å². The summed E-state index contributed by atoms with van der Waals surface area (Å²) >= 11 is 5.97. The van der Waals surface area contributed by atoms with Gasteiger partial charge in [0.05, 0.1) is 11.2 Å². The van der Waals surface area contributed by atoms with Crippen molar-refractivity contribution in [2.24, 2.45) is 0 Å². The van der Waals surface area contributed by atoms with Crippen molar-refractivity contribution in [3.8, 4) is 0 Å². The van der Waals surface area contributed by atoms with Gasteiger partial charge in [-0.2, -0.15) is 0 Å². The molecule has 0 atom stereocenters. The lowest BCUT2D eigenvalue weighted by atomic mass is 9.84. The summed E-state index contributed by atoms with van der Waals surface area (Å²) in [7, 11) is 0. The average molecular weight is 399 g/mol. The number of anilines is 1. The van der Waals surface area contributed by atoms with E-state index in [9.17, 15) is 9.59 Å². The smallest absolute Gasteiger partial charge is 0.256 e. The van der Waals surface area contributed by atoms with E-state index in [4.69, 9.17) is 11.6 Å². The van der Waals surface area contributed by atoms with E-state index in [1.54, 1.807) is 41.1 Å². The van der Waals surface area contributed by atoms with E-state index in [0.717, 1.165) is 5.56 Å². The Kier molecular flexibility index (Phi) is 5.70. The van der Waals surface area contributed by atoms with Crippen LogP contribution in [0.1, 0.15) is 43.1 Å². The van der Waals surface area contributed by atoms with Crippen LogP contribution in [-0.4, -0.2) is 27.7 Å². The first-order chi connectivity index (χ1) is 13.3. The summed E-state index contributed by atoms with van der Waals surface area (Å²) in [5.74, 6) is 0.245. The van der Waals surface area contributed by atoms with Gasteiger partial charge in [-0.25, -0.2) is 4.98 Å². The van der Waals surface area contributed by atoms with Crippen LogP contribution >= 0.6 is 11.6 Å². The van der Waals surface area contributed by atoms with Crippen molar-refractivity contribution in [1.82, 2.24) is 14.7 Å². The number of fused-ring (bicyclic) bond motifs is 1. The first-order valence-corrected chi connectivity index (χ1v) is 9.49. The van der Waals surface area contributed by atoms with Crippen molar-refractivity contribution in [3.05, 3.63) is 64.9 Å². The Bertz CT molecular complexity index is 1010. The molecular weight excluding hydrogens is 376 g/mol. The lowest BCUT2D eigenvalue weighted by Gasteiger charge is -2.25. The third-order valence-corrected chi connectivity index (χ3v) is 4.86. The highest BCUT2D eigenvalue weighted by Gasteiger charge is 2.21. The summed E-state index contributed by atoms with van der Waals surface area (Å²) in [4.78, 5) is 28.4. The molecule has 0 saturated carbocycles. The maximum absolute atomic E-state index is 12.5. The quantitative estimate of drug-likeness (QED) is 0.657. The highest BCUT2D eigenvalue weighted by atomic mass is 35.5. The monoisotopic (exact) mass is 398 g/mol. The molecule has 3 aromatic rings. The summed E-state index contributed by atoms with van der Waals surface area (Å²) in [5.41, 5.74) is 2.04.